The molecule has 0 aliphatic rings. The van der Waals surface area contributed by atoms with E-state index in [-0.39, 0.29) is 5.75 Å². The zero-order valence-electron chi connectivity index (χ0n) is 13.5. The molecular weight excluding hydrogens is 372 g/mol. The molecule has 126 valence electrons. The fourth-order valence-corrected chi connectivity index (χ4v) is 2.76. The first-order chi connectivity index (χ1) is 11.6. The Balaban J connectivity index is 2.02. The predicted molar refractivity (Wildman–Crippen MR) is 95.4 cm³/mol. The van der Waals surface area contributed by atoms with Crippen molar-refractivity contribution in [2.75, 3.05) is 20.8 Å². The van der Waals surface area contributed by atoms with Gasteiger partial charge in [0.2, 0.25) is 0 Å². The van der Waals surface area contributed by atoms with Crippen LogP contribution >= 0.6 is 15.9 Å². The Labute approximate surface area is 150 Å². The van der Waals surface area contributed by atoms with Gasteiger partial charge in [-0.15, -0.1) is 0 Å². The van der Waals surface area contributed by atoms with Crippen LogP contribution in [0, 0.1) is 11.3 Å². The Morgan fingerprint density at radius 2 is 1.92 bits per heavy atom. The lowest BCUT2D eigenvalue weighted by molar-refractivity contribution is 0.354. The molecular formula is C18H19BrN2O3. The second-order valence-electron chi connectivity index (χ2n) is 5.16. The minimum Gasteiger partial charge on any atom is -0.508 e. The van der Waals surface area contributed by atoms with E-state index in [2.05, 4.69) is 27.3 Å². The molecule has 0 aliphatic carbocycles. The number of nitrogens with one attached hydrogen (secondary N) is 1. The number of methoxy groups -OCH3 is 2. The average molecular weight is 391 g/mol. The lowest BCUT2D eigenvalue weighted by Crippen LogP contribution is -2.22. The van der Waals surface area contributed by atoms with E-state index in [4.69, 9.17) is 9.47 Å². The zero-order chi connectivity index (χ0) is 17.5. The topological polar surface area (TPSA) is 74.5 Å². The summed E-state index contributed by atoms with van der Waals surface area (Å²) in [6.45, 7) is 0.583. The Bertz CT molecular complexity index is 744. The summed E-state index contributed by atoms with van der Waals surface area (Å²) in [7, 11) is 3.20. The standard InChI is InChI=1S/C18H19BrN2O3/c1-23-17-6-3-12(9-18(17)24-2)7-8-21-15(11-20)14-10-13(19)4-5-16(14)22/h3-6,9-10,15,21-22H,7-8H2,1-2H3/t15-/m1/s1. The van der Waals surface area contributed by atoms with Crippen LogP contribution in [0.25, 0.3) is 0 Å². The molecule has 0 bridgehead atoms. The molecule has 0 unspecified atom stereocenters. The van der Waals surface area contributed by atoms with Crippen LogP contribution in [0.3, 0.4) is 0 Å². The summed E-state index contributed by atoms with van der Waals surface area (Å²) in [5.74, 6) is 1.46. The molecule has 2 N–H and O–H groups in total. The van der Waals surface area contributed by atoms with Gasteiger partial charge in [0.1, 0.15) is 11.8 Å². The number of nitrogens with zero attached hydrogens (tertiary/aromatic N) is 1. The van der Waals surface area contributed by atoms with E-state index in [1.165, 1.54) is 0 Å². The summed E-state index contributed by atoms with van der Waals surface area (Å²) in [5, 5.41) is 22.5. The molecule has 2 rings (SSSR count). The normalized spacial score (nSPS) is 11.6. The summed E-state index contributed by atoms with van der Waals surface area (Å²) in [5.41, 5.74) is 1.62. The van der Waals surface area contributed by atoms with Crippen molar-refractivity contribution < 1.29 is 14.6 Å². The molecule has 0 aliphatic heterocycles. The molecule has 0 fully saturated rings. The van der Waals surface area contributed by atoms with Crippen molar-refractivity contribution in [2.24, 2.45) is 0 Å². The van der Waals surface area contributed by atoms with Crippen molar-refractivity contribution >= 4 is 15.9 Å². The Morgan fingerprint density at radius 1 is 1.17 bits per heavy atom. The van der Waals surface area contributed by atoms with E-state index in [1.54, 1.807) is 32.4 Å². The number of hydrogen-bond donors (Lipinski definition) is 2. The first-order valence-electron chi connectivity index (χ1n) is 7.41. The van der Waals surface area contributed by atoms with Crippen molar-refractivity contribution in [3.63, 3.8) is 0 Å². The van der Waals surface area contributed by atoms with Gasteiger partial charge < -0.3 is 14.6 Å². The van der Waals surface area contributed by atoms with E-state index in [9.17, 15) is 10.4 Å². The molecule has 0 radical (unpaired) electrons. The van der Waals surface area contributed by atoms with Crippen LogP contribution in [0.15, 0.2) is 40.9 Å². The number of nitriles is 1. The zero-order valence-corrected chi connectivity index (χ0v) is 15.1. The number of phenols is 1. The summed E-state index contributed by atoms with van der Waals surface area (Å²) in [6, 6.07) is 12.4. The molecule has 6 heteroatoms. The second kappa shape index (κ2) is 8.57. The van der Waals surface area contributed by atoms with Gasteiger partial charge in [-0.3, -0.25) is 5.32 Å². The van der Waals surface area contributed by atoms with Gasteiger partial charge in [0.15, 0.2) is 11.5 Å². The van der Waals surface area contributed by atoms with Crippen LogP contribution < -0.4 is 14.8 Å². The minimum atomic E-state index is -0.581. The highest BCUT2D eigenvalue weighted by Crippen LogP contribution is 2.29. The molecule has 0 saturated carbocycles. The monoisotopic (exact) mass is 390 g/mol. The van der Waals surface area contributed by atoms with Crippen LogP contribution in [-0.2, 0) is 6.42 Å². The third-order valence-electron chi connectivity index (χ3n) is 3.64. The molecule has 5 nitrogen and oxygen atoms in total. The van der Waals surface area contributed by atoms with E-state index < -0.39 is 6.04 Å². The van der Waals surface area contributed by atoms with Gasteiger partial charge in [-0.05, 0) is 42.3 Å². The summed E-state index contributed by atoms with van der Waals surface area (Å²) in [6.07, 6.45) is 0.716. The number of hydrogen-bond acceptors (Lipinski definition) is 5. The van der Waals surface area contributed by atoms with E-state index in [0.29, 0.717) is 30.0 Å². The molecule has 24 heavy (non-hydrogen) atoms. The molecule has 0 aromatic heterocycles. The smallest absolute Gasteiger partial charge is 0.160 e. The number of benzene rings is 2. The summed E-state index contributed by atoms with van der Waals surface area (Å²) in [4.78, 5) is 0. The molecule has 1 atom stereocenters. The number of aromatic hydroxyl groups is 1. The molecule has 2 aromatic carbocycles. The maximum atomic E-state index is 9.94. The maximum absolute atomic E-state index is 9.94. The highest BCUT2D eigenvalue weighted by Gasteiger charge is 2.14. The summed E-state index contributed by atoms with van der Waals surface area (Å²) < 4.78 is 11.3. The third kappa shape index (κ3) is 4.40. The second-order valence-corrected chi connectivity index (χ2v) is 6.07. The van der Waals surface area contributed by atoms with Crippen LogP contribution in [0.1, 0.15) is 17.2 Å². The van der Waals surface area contributed by atoms with Gasteiger partial charge in [0.25, 0.3) is 0 Å². The number of rotatable bonds is 7. The highest BCUT2D eigenvalue weighted by molar-refractivity contribution is 9.10. The Hall–Kier alpha value is -2.23. The van der Waals surface area contributed by atoms with Crippen LogP contribution in [0.5, 0.6) is 17.2 Å². The van der Waals surface area contributed by atoms with Gasteiger partial charge in [0, 0.05) is 16.6 Å². The lowest BCUT2D eigenvalue weighted by Gasteiger charge is -2.14. The largest absolute Gasteiger partial charge is 0.508 e. The van der Waals surface area contributed by atoms with Crippen LogP contribution in [0.2, 0.25) is 0 Å². The minimum absolute atomic E-state index is 0.100. The van der Waals surface area contributed by atoms with Crippen LogP contribution in [0.4, 0.5) is 0 Å². The van der Waals surface area contributed by atoms with Crippen molar-refractivity contribution in [3.05, 3.63) is 52.0 Å². The number of ether oxygens (including phenoxy) is 2. The predicted octanol–water partition coefficient (Wildman–Crippen LogP) is 3.57. The lowest BCUT2D eigenvalue weighted by atomic mass is 10.1. The Kier molecular flexibility index (Phi) is 6.47. The van der Waals surface area contributed by atoms with Crippen molar-refractivity contribution in [1.82, 2.24) is 5.32 Å². The van der Waals surface area contributed by atoms with E-state index >= 15 is 0 Å². The first-order valence-corrected chi connectivity index (χ1v) is 8.20. The first kappa shape index (κ1) is 18.1. The number of phenolic OH excluding ortho intramolecular Hbond substituents is 1. The van der Waals surface area contributed by atoms with Crippen LogP contribution in [-0.4, -0.2) is 25.9 Å². The van der Waals surface area contributed by atoms with Gasteiger partial charge in [0.05, 0.1) is 20.3 Å². The van der Waals surface area contributed by atoms with Gasteiger partial charge in [-0.1, -0.05) is 22.0 Å². The third-order valence-corrected chi connectivity index (χ3v) is 4.13. The highest BCUT2D eigenvalue weighted by atomic mass is 79.9. The molecule has 2 aromatic rings. The fraction of sp³-hybridized carbons (Fsp3) is 0.278. The molecule has 0 amide bonds. The maximum Gasteiger partial charge on any atom is 0.160 e. The molecule has 0 heterocycles. The van der Waals surface area contributed by atoms with Crippen molar-refractivity contribution in [3.8, 4) is 23.3 Å². The van der Waals surface area contributed by atoms with E-state index in [1.807, 2.05) is 18.2 Å². The quantitative estimate of drug-likeness (QED) is 0.755. The van der Waals surface area contributed by atoms with Crippen molar-refractivity contribution in [2.45, 2.75) is 12.5 Å². The van der Waals surface area contributed by atoms with Gasteiger partial charge >= 0.3 is 0 Å². The average Bonchev–Trinajstić information content (AvgIpc) is 2.61. The number of halogens is 1. The Morgan fingerprint density at radius 3 is 2.58 bits per heavy atom. The molecule has 0 saturated heterocycles. The molecule has 0 spiro atoms. The SMILES string of the molecule is COc1ccc(CCN[C@H](C#N)c2cc(Br)ccc2O)cc1OC. The van der Waals surface area contributed by atoms with Crippen molar-refractivity contribution in [1.29, 1.82) is 5.26 Å². The fourth-order valence-electron chi connectivity index (χ4n) is 2.38. The van der Waals surface area contributed by atoms with Gasteiger partial charge in [-0.25, -0.2) is 0 Å². The van der Waals surface area contributed by atoms with E-state index in [0.717, 1.165) is 10.0 Å². The van der Waals surface area contributed by atoms with Gasteiger partial charge in [-0.2, -0.15) is 5.26 Å². The summed E-state index contributed by atoms with van der Waals surface area (Å²) >= 11 is 3.35.